The van der Waals surface area contributed by atoms with Crippen molar-refractivity contribution in [3.63, 3.8) is 0 Å². The second kappa shape index (κ2) is 7.85. The normalized spacial score (nSPS) is 24.8. The summed E-state index contributed by atoms with van der Waals surface area (Å²) in [6.07, 6.45) is 1.98. The van der Waals surface area contributed by atoms with Crippen molar-refractivity contribution in [3.05, 3.63) is 65.9 Å². The van der Waals surface area contributed by atoms with E-state index in [1.54, 1.807) is 0 Å². The Morgan fingerprint density at radius 1 is 1.00 bits per heavy atom. The number of benzene rings is 2. The summed E-state index contributed by atoms with van der Waals surface area (Å²) in [6.45, 7) is 2.78. The van der Waals surface area contributed by atoms with E-state index in [0.717, 1.165) is 36.8 Å². The van der Waals surface area contributed by atoms with Gasteiger partial charge in [0, 0.05) is 36.6 Å². The van der Waals surface area contributed by atoms with Crippen molar-refractivity contribution in [3.8, 4) is 0 Å². The van der Waals surface area contributed by atoms with Gasteiger partial charge >= 0.3 is 0 Å². The van der Waals surface area contributed by atoms with Crippen LogP contribution >= 0.6 is 0 Å². The molecule has 1 N–H and O–H groups in total. The Bertz CT molecular complexity index is 1030. The number of likely N-dealkylation sites (N-methyl/N-ethyl adjacent to an activating group) is 2. The molecule has 6 heteroatoms. The quantitative estimate of drug-likeness (QED) is 0.728. The van der Waals surface area contributed by atoms with E-state index in [9.17, 15) is 4.79 Å². The van der Waals surface area contributed by atoms with E-state index < -0.39 is 0 Å². The number of carbonyl (C=O) groups is 1. The van der Waals surface area contributed by atoms with Crippen molar-refractivity contribution in [1.82, 2.24) is 24.9 Å². The van der Waals surface area contributed by atoms with Gasteiger partial charge in [-0.25, -0.2) is 0 Å². The molecule has 2 aliphatic heterocycles. The zero-order valence-electron chi connectivity index (χ0n) is 17.7. The van der Waals surface area contributed by atoms with Crippen LogP contribution in [0.1, 0.15) is 28.9 Å². The number of amides is 1. The van der Waals surface area contributed by atoms with Crippen LogP contribution in [0.2, 0.25) is 0 Å². The average molecular weight is 404 g/mol. The number of piperidine rings is 1. The number of aromatic nitrogens is 2. The highest BCUT2D eigenvalue weighted by molar-refractivity contribution is 6.05. The van der Waals surface area contributed by atoms with Crippen molar-refractivity contribution >= 4 is 16.8 Å². The van der Waals surface area contributed by atoms with Gasteiger partial charge in [0.1, 0.15) is 0 Å². The molecule has 1 aromatic heterocycles. The fourth-order valence-electron chi connectivity index (χ4n) is 5.13. The number of hydrogen-bond acceptors (Lipinski definition) is 4. The summed E-state index contributed by atoms with van der Waals surface area (Å²) in [4.78, 5) is 18.1. The Labute approximate surface area is 177 Å². The van der Waals surface area contributed by atoms with Crippen LogP contribution in [0.4, 0.5) is 0 Å². The maximum Gasteiger partial charge on any atom is 0.272 e. The minimum absolute atomic E-state index is 0.0565. The van der Waals surface area contributed by atoms with E-state index in [4.69, 9.17) is 5.10 Å². The molecule has 3 heterocycles. The molecule has 2 bridgehead atoms. The van der Waals surface area contributed by atoms with Gasteiger partial charge in [-0.05, 0) is 38.6 Å². The van der Waals surface area contributed by atoms with Crippen LogP contribution in [0.3, 0.4) is 0 Å². The number of hydrogen-bond donors (Lipinski definition) is 1. The number of rotatable bonds is 4. The molecule has 2 aliphatic rings. The van der Waals surface area contributed by atoms with E-state index in [0.29, 0.717) is 24.3 Å². The predicted octanol–water partition coefficient (Wildman–Crippen LogP) is 2.59. The standard InChI is InChI=1S/C24H29N5O/c1-27-15-19-12-18(13-20(16-27)28(19)2)25-24(30)23-21-10-6-7-11-22(21)29(26-23)14-17-8-4-3-5-9-17/h3-11,18-20H,12-16H2,1-2H3,(H,25,30)/t18-,19-,20+. The molecule has 0 spiro atoms. The monoisotopic (exact) mass is 403 g/mol. The number of piperazine rings is 1. The maximum absolute atomic E-state index is 13.2. The van der Waals surface area contributed by atoms with Gasteiger partial charge in [0.15, 0.2) is 5.69 Å². The van der Waals surface area contributed by atoms with Crippen LogP contribution in [0.15, 0.2) is 54.6 Å². The Balaban J connectivity index is 1.38. The molecule has 3 aromatic rings. The van der Waals surface area contributed by atoms with E-state index in [2.05, 4.69) is 41.3 Å². The van der Waals surface area contributed by atoms with Gasteiger partial charge in [-0.1, -0.05) is 48.5 Å². The summed E-state index contributed by atoms with van der Waals surface area (Å²) in [5.74, 6) is -0.0565. The first-order valence-corrected chi connectivity index (χ1v) is 10.8. The largest absolute Gasteiger partial charge is 0.348 e. The Kier molecular flexibility index (Phi) is 5.05. The number of nitrogens with zero attached hydrogens (tertiary/aromatic N) is 4. The highest BCUT2D eigenvalue weighted by atomic mass is 16.2. The SMILES string of the molecule is CN1C[C@H]2C[C@@H](NC(=O)c3nn(Cc4ccccc4)c4ccccc34)C[C@@H](C1)N2C. The Hall–Kier alpha value is -2.70. The summed E-state index contributed by atoms with van der Waals surface area (Å²) < 4.78 is 1.94. The van der Waals surface area contributed by atoms with Crippen molar-refractivity contribution in [2.24, 2.45) is 0 Å². The number of carbonyl (C=O) groups excluding carboxylic acids is 1. The van der Waals surface area contributed by atoms with Gasteiger partial charge in [0.25, 0.3) is 5.91 Å². The lowest BCUT2D eigenvalue weighted by molar-refractivity contribution is 0.00837. The molecular weight excluding hydrogens is 374 g/mol. The first-order valence-electron chi connectivity index (χ1n) is 10.8. The van der Waals surface area contributed by atoms with Crippen molar-refractivity contribution < 1.29 is 4.79 Å². The molecule has 1 amide bonds. The lowest BCUT2D eigenvalue weighted by Crippen LogP contribution is -2.63. The zero-order valence-corrected chi connectivity index (χ0v) is 17.7. The summed E-state index contributed by atoms with van der Waals surface area (Å²) >= 11 is 0. The van der Waals surface area contributed by atoms with E-state index in [-0.39, 0.29) is 11.9 Å². The molecule has 2 saturated heterocycles. The van der Waals surface area contributed by atoms with Gasteiger partial charge in [-0.15, -0.1) is 0 Å². The minimum Gasteiger partial charge on any atom is -0.348 e. The summed E-state index contributed by atoms with van der Waals surface area (Å²) in [5.41, 5.74) is 2.70. The first-order chi connectivity index (χ1) is 14.6. The molecule has 6 nitrogen and oxygen atoms in total. The van der Waals surface area contributed by atoms with Crippen LogP contribution in [-0.2, 0) is 6.54 Å². The number of fused-ring (bicyclic) bond motifs is 3. The summed E-state index contributed by atoms with van der Waals surface area (Å²) in [5, 5.41) is 8.96. The van der Waals surface area contributed by atoms with Crippen molar-refractivity contribution in [2.45, 2.75) is 37.5 Å². The van der Waals surface area contributed by atoms with Gasteiger partial charge in [0.2, 0.25) is 0 Å². The lowest BCUT2D eigenvalue weighted by atomic mass is 9.88. The molecule has 2 aromatic carbocycles. The molecule has 0 radical (unpaired) electrons. The van der Waals surface area contributed by atoms with Crippen LogP contribution in [0.5, 0.6) is 0 Å². The van der Waals surface area contributed by atoms with E-state index >= 15 is 0 Å². The van der Waals surface area contributed by atoms with Gasteiger partial charge in [-0.2, -0.15) is 5.10 Å². The maximum atomic E-state index is 13.2. The summed E-state index contributed by atoms with van der Waals surface area (Å²) in [7, 11) is 4.41. The molecule has 0 unspecified atom stereocenters. The van der Waals surface area contributed by atoms with E-state index in [1.807, 2.05) is 47.1 Å². The van der Waals surface area contributed by atoms with Crippen LogP contribution in [0.25, 0.3) is 10.9 Å². The second-order valence-corrected chi connectivity index (χ2v) is 8.85. The smallest absolute Gasteiger partial charge is 0.272 e. The highest BCUT2D eigenvalue weighted by Crippen LogP contribution is 2.27. The average Bonchev–Trinajstić information content (AvgIpc) is 3.09. The van der Waals surface area contributed by atoms with Crippen LogP contribution < -0.4 is 5.32 Å². The van der Waals surface area contributed by atoms with Crippen molar-refractivity contribution in [2.75, 3.05) is 27.2 Å². The third-order valence-corrected chi connectivity index (χ3v) is 6.69. The predicted molar refractivity (Wildman–Crippen MR) is 119 cm³/mol. The lowest BCUT2D eigenvalue weighted by Gasteiger charge is -2.50. The van der Waals surface area contributed by atoms with Crippen molar-refractivity contribution in [1.29, 1.82) is 0 Å². The topological polar surface area (TPSA) is 53.4 Å². The molecular formula is C24H29N5O. The third-order valence-electron chi connectivity index (χ3n) is 6.69. The Morgan fingerprint density at radius 3 is 2.40 bits per heavy atom. The zero-order chi connectivity index (χ0) is 20.7. The van der Waals surface area contributed by atoms with Crippen LogP contribution in [0, 0.1) is 0 Å². The fraction of sp³-hybridized carbons (Fsp3) is 0.417. The van der Waals surface area contributed by atoms with Gasteiger partial charge in [-0.3, -0.25) is 14.4 Å². The first kappa shape index (κ1) is 19.3. The molecule has 5 rings (SSSR count). The molecule has 30 heavy (non-hydrogen) atoms. The fourth-order valence-corrected chi connectivity index (χ4v) is 5.13. The van der Waals surface area contributed by atoms with Gasteiger partial charge in [0.05, 0.1) is 12.1 Å². The van der Waals surface area contributed by atoms with Gasteiger partial charge < -0.3 is 10.2 Å². The van der Waals surface area contributed by atoms with E-state index in [1.165, 1.54) is 5.56 Å². The molecule has 3 atom stereocenters. The number of likely N-dealkylation sites (tertiary alicyclic amines) is 1. The minimum atomic E-state index is -0.0565. The molecule has 0 aliphatic carbocycles. The number of nitrogens with one attached hydrogen (secondary N) is 1. The molecule has 2 fully saturated rings. The third kappa shape index (κ3) is 3.61. The second-order valence-electron chi connectivity index (χ2n) is 8.85. The Morgan fingerprint density at radius 2 is 1.67 bits per heavy atom. The van der Waals surface area contributed by atoms with Crippen LogP contribution in [-0.4, -0.2) is 70.8 Å². The highest BCUT2D eigenvalue weighted by Gasteiger charge is 2.38. The number of para-hydroxylation sites is 1. The summed E-state index contributed by atoms with van der Waals surface area (Å²) in [6, 6.07) is 19.5. The molecule has 156 valence electrons. The molecule has 0 saturated carbocycles.